The van der Waals surface area contributed by atoms with Crippen LogP contribution in [0.5, 0.6) is 5.75 Å². The maximum atomic E-state index is 10.9. The molecule has 1 fully saturated rings. The largest absolute Gasteiger partial charge is 3.00 e. The fourth-order valence-corrected chi connectivity index (χ4v) is 3.30. The van der Waals surface area contributed by atoms with Gasteiger partial charge in [0.2, 0.25) is 0 Å². The summed E-state index contributed by atoms with van der Waals surface area (Å²) in [4.78, 5) is 0. The van der Waals surface area contributed by atoms with Crippen molar-refractivity contribution in [1.29, 1.82) is 0 Å². The topological polar surface area (TPSA) is 72.3 Å². The number of hydrogen-bond donors (Lipinski definition) is 3. The van der Waals surface area contributed by atoms with Crippen LogP contribution in [0.25, 0.3) is 6.08 Å². The molecule has 1 aliphatic carbocycles. The normalized spacial score (nSPS) is 20.9. The van der Waals surface area contributed by atoms with E-state index in [2.05, 4.69) is 59.8 Å². The molecule has 2 rings (SSSR count). The minimum Gasteiger partial charge on any atom is -1.00 e. The van der Waals surface area contributed by atoms with Crippen LogP contribution in [0.1, 0.15) is 77.5 Å². The summed E-state index contributed by atoms with van der Waals surface area (Å²) in [6, 6.07) is 4.14. The van der Waals surface area contributed by atoms with Gasteiger partial charge in [-0.3, -0.25) is 0 Å². The third kappa shape index (κ3) is 7.72. The first-order valence-electron chi connectivity index (χ1n) is 9.01. The zero-order valence-electron chi connectivity index (χ0n) is 17.6. The predicted molar refractivity (Wildman–Crippen MR) is 103 cm³/mol. The molecule has 162 valence electrons. The van der Waals surface area contributed by atoms with Crippen molar-refractivity contribution in [3.63, 3.8) is 0 Å². The molecule has 0 heterocycles. The summed E-state index contributed by atoms with van der Waals surface area (Å²) >= 11 is 0. The number of halogens is 3. The first-order valence-corrected chi connectivity index (χ1v) is 9.01. The van der Waals surface area contributed by atoms with Crippen molar-refractivity contribution in [1.82, 2.24) is 0 Å². The molecular formula is C21H34Cl3MnN2O. The van der Waals surface area contributed by atoms with E-state index in [0.717, 1.165) is 36.0 Å². The van der Waals surface area contributed by atoms with E-state index in [1.54, 1.807) is 0 Å². The number of hydrogen-bond acceptors (Lipinski definition) is 3. The monoisotopic (exact) mass is 490 g/mol. The zero-order valence-corrected chi connectivity index (χ0v) is 21.1. The van der Waals surface area contributed by atoms with Gasteiger partial charge >= 0.3 is 17.1 Å². The Bertz CT molecular complexity index is 652. The summed E-state index contributed by atoms with van der Waals surface area (Å²) in [5.74, 6) is 0.370. The molecule has 1 aliphatic rings. The SMILES string of the molecule is CC(C)(C)c1cc(C=C2CCCC(N)C2N)c(O)c(C(C)(C)C)c1.[Cl-].[Cl-].[Cl-].[Mn+3]. The molecule has 0 bridgehead atoms. The van der Waals surface area contributed by atoms with E-state index in [9.17, 15) is 5.11 Å². The van der Waals surface area contributed by atoms with Crippen LogP contribution in [-0.2, 0) is 27.9 Å². The second-order valence-electron chi connectivity index (χ2n) is 9.26. The molecule has 7 heteroatoms. The molecule has 2 atom stereocenters. The first-order chi connectivity index (χ1) is 10.9. The van der Waals surface area contributed by atoms with Crippen LogP contribution in [0.4, 0.5) is 0 Å². The van der Waals surface area contributed by atoms with Crippen LogP contribution in [0, 0.1) is 0 Å². The Kier molecular flexibility index (Phi) is 14.1. The van der Waals surface area contributed by atoms with Crippen molar-refractivity contribution in [2.75, 3.05) is 0 Å². The molecule has 0 radical (unpaired) electrons. The Morgan fingerprint density at radius 3 is 1.96 bits per heavy atom. The molecule has 1 aromatic rings. The maximum absolute atomic E-state index is 10.9. The predicted octanol–water partition coefficient (Wildman–Crippen LogP) is -4.78. The van der Waals surface area contributed by atoms with Gasteiger partial charge in [-0.1, -0.05) is 59.3 Å². The Labute approximate surface area is 200 Å². The fraction of sp³-hybridized carbons (Fsp3) is 0.619. The van der Waals surface area contributed by atoms with Crippen LogP contribution in [-0.4, -0.2) is 17.2 Å². The smallest absolute Gasteiger partial charge is 1.00 e. The van der Waals surface area contributed by atoms with Crippen molar-refractivity contribution in [3.05, 3.63) is 34.4 Å². The van der Waals surface area contributed by atoms with Gasteiger partial charge in [-0.25, -0.2) is 0 Å². The Morgan fingerprint density at radius 1 is 0.964 bits per heavy atom. The molecule has 1 saturated carbocycles. The number of aromatic hydroxyl groups is 1. The Hall–Kier alpha value is 0.0695. The molecule has 0 spiro atoms. The standard InChI is InChI=1S/C21H34N2O.3ClH.Mn/c1-20(2,3)15-11-14(19(24)16(12-15)21(4,5)6)10-13-8-7-9-17(22)18(13)23;;;;/h10-12,17-18,24H,7-9,22-23H2,1-6H3;3*1H;/q;;;;+3/p-3. The van der Waals surface area contributed by atoms with Gasteiger partial charge < -0.3 is 53.8 Å². The van der Waals surface area contributed by atoms with Gasteiger partial charge in [0.15, 0.2) is 0 Å². The average molecular weight is 492 g/mol. The van der Waals surface area contributed by atoms with Crippen molar-refractivity contribution < 1.29 is 59.4 Å². The molecule has 28 heavy (non-hydrogen) atoms. The number of rotatable bonds is 1. The molecule has 1 aromatic carbocycles. The van der Waals surface area contributed by atoms with Gasteiger partial charge in [-0.05, 0) is 41.7 Å². The minimum absolute atomic E-state index is 0. The average Bonchev–Trinajstić information content (AvgIpc) is 2.43. The molecule has 0 aromatic heterocycles. The van der Waals surface area contributed by atoms with Crippen molar-refractivity contribution >= 4 is 6.08 Å². The molecule has 5 N–H and O–H groups in total. The van der Waals surface area contributed by atoms with Gasteiger partial charge in [-0.2, -0.15) is 0 Å². The molecule has 3 nitrogen and oxygen atoms in total. The number of benzene rings is 1. The molecule has 0 saturated heterocycles. The third-order valence-electron chi connectivity index (χ3n) is 5.05. The van der Waals surface area contributed by atoms with Gasteiger partial charge in [0.25, 0.3) is 0 Å². The molecule has 2 unspecified atom stereocenters. The van der Waals surface area contributed by atoms with Gasteiger partial charge in [0.1, 0.15) is 5.75 Å². The second-order valence-corrected chi connectivity index (χ2v) is 9.26. The zero-order chi connectivity index (χ0) is 18.3. The van der Waals surface area contributed by atoms with E-state index in [4.69, 9.17) is 11.5 Å². The fourth-order valence-electron chi connectivity index (χ4n) is 3.30. The van der Waals surface area contributed by atoms with E-state index in [1.807, 2.05) is 0 Å². The van der Waals surface area contributed by atoms with E-state index in [0.29, 0.717) is 5.75 Å². The minimum atomic E-state index is -0.121. The van der Waals surface area contributed by atoms with E-state index < -0.39 is 0 Å². The second kappa shape index (κ2) is 12.1. The molecular weight excluding hydrogens is 458 g/mol. The van der Waals surface area contributed by atoms with Crippen LogP contribution in [0.3, 0.4) is 0 Å². The van der Waals surface area contributed by atoms with Crippen LogP contribution in [0.15, 0.2) is 17.7 Å². The quantitative estimate of drug-likeness (QED) is 0.346. The van der Waals surface area contributed by atoms with E-state index >= 15 is 0 Å². The molecule has 0 aliphatic heterocycles. The Morgan fingerprint density at radius 2 is 1.50 bits per heavy atom. The third-order valence-corrected chi connectivity index (χ3v) is 5.05. The number of phenols is 1. The van der Waals surface area contributed by atoms with E-state index in [1.165, 1.54) is 5.56 Å². The summed E-state index contributed by atoms with van der Waals surface area (Å²) in [7, 11) is 0. The van der Waals surface area contributed by atoms with Gasteiger partial charge in [0, 0.05) is 23.2 Å². The van der Waals surface area contributed by atoms with Crippen LogP contribution < -0.4 is 48.7 Å². The summed E-state index contributed by atoms with van der Waals surface area (Å²) in [5.41, 5.74) is 16.5. The van der Waals surface area contributed by atoms with Gasteiger partial charge in [-0.15, -0.1) is 0 Å². The maximum Gasteiger partial charge on any atom is 3.00 e. The summed E-state index contributed by atoms with van der Waals surface area (Å²) in [5, 5.41) is 10.9. The van der Waals surface area contributed by atoms with Crippen molar-refractivity contribution in [2.24, 2.45) is 11.5 Å². The van der Waals surface area contributed by atoms with E-state index in [-0.39, 0.29) is 77.2 Å². The van der Waals surface area contributed by atoms with Gasteiger partial charge in [0.05, 0.1) is 0 Å². The number of phenolic OH excluding ortho intramolecular Hbond substituents is 1. The van der Waals surface area contributed by atoms with Crippen molar-refractivity contribution in [3.8, 4) is 5.75 Å². The number of nitrogens with two attached hydrogens (primary N) is 2. The summed E-state index contributed by atoms with van der Waals surface area (Å²) in [6.07, 6.45) is 5.06. The van der Waals surface area contributed by atoms with Crippen molar-refractivity contribution in [2.45, 2.75) is 83.7 Å². The summed E-state index contributed by atoms with van der Waals surface area (Å²) < 4.78 is 0. The first kappa shape index (κ1) is 32.7. The van der Waals surface area contributed by atoms with Crippen LogP contribution in [0.2, 0.25) is 0 Å². The Balaban J connectivity index is -0.00000156. The summed E-state index contributed by atoms with van der Waals surface area (Å²) in [6.45, 7) is 13.0. The molecule has 0 amide bonds. The van der Waals surface area contributed by atoms with Crippen LogP contribution >= 0.6 is 0 Å².